The van der Waals surface area contributed by atoms with E-state index in [1.165, 1.54) is 0 Å². The van der Waals surface area contributed by atoms with E-state index < -0.39 is 18.4 Å². The van der Waals surface area contributed by atoms with Crippen LogP contribution in [0.3, 0.4) is 0 Å². The van der Waals surface area contributed by atoms with Crippen molar-refractivity contribution < 1.29 is 62.1 Å². The molecule has 0 spiro atoms. The number of halogens is 6. The maximum absolute atomic E-state index is 10.7. The van der Waals surface area contributed by atoms with Gasteiger partial charge in [0, 0.05) is 24.8 Å². The van der Waals surface area contributed by atoms with Crippen molar-refractivity contribution in [2.75, 3.05) is 0 Å². The number of rotatable bonds is 2. The van der Waals surface area contributed by atoms with Crippen LogP contribution in [-0.2, 0) is 34.9 Å². The fourth-order valence-corrected chi connectivity index (χ4v) is 2.06. The van der Waals surface area contributed by atoms with Crippen molar-refractivity contribution >= 4 is 18.4 Å². The van der Waals surface area contributed by atoms with Crippen LogP contribution in [-0.4, -0.2) is 32.6 Å². The Bertz CT molecular complexity index is 1160. The monoisotopic (exact) mass is 669 g/mol. The second kappa shape index (κ2) is 16.4. The molecule has 0 N–H and O–H groups in total. The Balaban J connectivity index is 0. The third-order valence-corrected chi connectivity index (χ3v) is 3.18. The predicted octanol–water partition coefficient (Wildman–Crippen LogP) is 6.56. The third-order valence-electron chi connectivity index (χ3n) is 3.18. The van der Waals surface area contributed by atoms with E-state index in [-0.39, 0.29) is 19.5 Å². The van der Waals surface area contributed by atoms with Crippen LogP contribution in [0.5, 0.6) is 0 Å². The van der Waals surface area contributed by atoms with Crippen molar-refractivity contribution in [2.45, 2.75) is 0 Å². The average molecular weight is 668 g/mol. The fourth-order valence-electron chi connectivity index (χ4n) is 2.06. The molecule has 0 amide bonds. The van der Waals surface area contributed by atoms with Crippen LogP contribution in [0.2, 0.25) is 0 Å². The zero-order valence-electron chi connectivity index (χ0n) is 18.6. The summed E-state index contributed by atoms with van der Waals surface area (Å²) in [6, 6.07) is 23.2. The van der Waals surface area contributed by atoms with E-state index in [2.05, 4.69) is 19.9 Å². The van der Waals surface area contributed by atoms with Crippen LogP contribution in [0, 0.1) is 5.46 Å². The molecule has 0 aliphatic carbocycles. The van der Waals surface area contributed by atoms with Gasteiger partial charge in [0.2, 0.25) is 0 Å². The number of hydrogen-bond acceptors (Lipinski definition) is 8. The fraction of sp³-hybridized carbons (Fsp3) is 0. The Morgan fingerprint density at radius 1 is 0.526 bits per heavy atom. The summed E-state index contributed by atoms with van der Waals surface area (Å²) in [6.07, 6.45) is 7.07. The normalized spacial score (nSPS) is 11.1. The molecule has 4 aromatic rings. The molecular formula is C20H16F6N5O4PRuS+2. The van der Waals surface area contributed by atoms with Gasteiger partial charge in [-0.25, -0.2) is 0 Å². The summed E-state index contributed by atoms with van der Waals surface area (Å²) in [4.78, 5) is 16.7. The Hall–Kier alpha value is -3.48. The van der Waals surface area contributed by atoms with Gasteiger partial charge >= 0.3 is 73.3 Å². The molecule has 0 saturated heterocycles. The van der Waals surface area contributed by atoms with Crippen molar-refractivity contribution in [1.29, 1.82) is 5.46 Å². The quantitative estimate of drug-likeness (QED) is 0.101. The molecule has 0 saturated carbocycles. The molecule has 4 heterocycles. The molecule has 0 atom stereocenters. The van der Waals surface area contributed by atoms with Gasteiger partial charge in [0.25, 0.3) is 0 Å². The van der Waals surface area contributed by atoms with Gasteiger partial charge in [0.15, 0.2) is 0 Å². The zero-order valence-corrected chi connectivity index (χ0v) is 22.0. The molecule has 18 heteroatoms. The minimum atomic E-state index is -10.7. The van der Waals surface area contributed by atoms with E-state index in [1.807, 2.05) is 72.8 Å². The summed E-state index contributed by atoms with van der Waals surface area (Å²) in [5.41, 5.74) is 9.41. The molecule has 0 aliphatic heterocycles. The molecule has 204 valence electrons. The number of hydrogen-bond donors (Lipinski definition) is 0. The van der Waals surface area contributed by atoms with E-state index in [1.54, 1.807) is 24.8 Å². The Kier molecular flexibility index (Phi) is 15.8. The number of pyridine rings is 4. The van der Waals surface area contributed by atoms with Gasteiger partial charge in [0.05, 0.1) is 22.8 Å². The van der Waals surface area contributed by atoms with Crippen LogP contribution in [0.1, 0.15) is 0 Å². The average Bonchev–Trinajstić information content (AvgIpc) is 2.86. The van der Waals surface area contributed by atoms with Crippen molar-refractivity contribution in [1.82, 2.24) is 19.9 Å². The van der Waals surface area contributed by atoms with Gasteiger partial charge in [0.1, 0.15) is 0 Å². The van der Waals surface area contributed by atoms with Crippen LogP contribution in [0.4, 0.5) is 25.2 Å². The Morgan fingerprint density at radius 3 is 0.789 bits per heavy atom. The summed E-state index contributed by atoms with van der Waals surface area (Å²) in [5, 5.41) is 0. The van der Waals surface area contributed by atoms with E-state index in [4.69, 9.17) is 22.9 Å². The topological polar surface area (TPSA) is 146 Å². The molecule has 0 fully saturated rings. The van der Waals surface area contributed by atoms with Crippen LogP contribution in [0.15, 0.2) is 97.6 Å². The van der Waals surface area contributed by atoms with Crippen LogP contribution >= 0.6 is 7.81 Å². The summed E-state index contributed by atoms with van der Waals surface area (Å²) in [6.45, 7) is 0. The molecule has 38 heavy (non-hydrogen) atoms. The SMILES string of the molecule is F[P-](F)(F)(F)(F)F.N#[O+].O=S(=O)=O.[Ru+2].c1ccc(-c2ccccn2)nc1.c1ccc(-c2ccccn2)nc1. The summed E-state index contributed by atoms with van der Waals surface area (Å²) >= 11 is 0. The van der Waals surface area contributed by atoms with Gasteiger partial charge < -0.3 is 0 Å². The van der Waals surface area contributed by atoms with Crippen molar-refractivity contribution in [2.24, 2.45) is 0 Å². The first-order valence-electron chi connectivity index (χ1n) is 9.28. The minimum absolute atomic E-state index is 0. The Morgan fingerprint density at radius 2 is 0.684 bits per heavy atom. The second-order valence-electron chi connectivity index (χ2n) is 6.02. The molecule has 4 rings (SSSR count). The first-order valence-corrected chi connectivity index (χ1v) is 12.3. The van der Waals surface area contributed by atoms with Gasteiger partial charge in [-0.15, -0.1) is 12.6 Å². The largest absolute Gasteiger partial charge is 2.00 e. The predicted molar refractivity (Wildman–Crippen MR) is 121 cm³/mol. The van der Waals surface area contributed by atoms with E-state index in [0.717, 1.165) is 22.8 Å². The van der Waals surface area contributed by atoms with Crippen LogP contribution < -0.4 is 0 Å². The first-order chi connectivity index (χ1) is 17.1. The molecule has 0 aromatic carbocycles. The smallest absolute Gasteiger partial charge is 0.255 e. The van der Waals surface area contributed by atoms with Crippen molar-refractivity contribution in [3.8, 4) is 22.8 Å². The van der Waals surface area contributed by atoms with Gasteiger partial charge in [-0.2, -0.15) is 0 Å². The Labute approximate surface area is 226 Å². The zero-order chi connectivity index (χ0) is 28.4. The number of nitrogens with zero attached hydrogens (tertiary/aromatic N) is 5. The summed E-state index contributed by atoms with van der Waals surface area (Å²) in [7, 11) is -13.8. The molecule has 4 aromatic heterocycles. The molecule has 9 nitrogen and oxygen atoms in total. The molecule has 0 unspecified atom stereocenters. The molecule has 0 bridgehead atoms. The van der Waals surface area contributed by atoms with Crippen molar-refractivity contribution in [3.05, 3.63) is 97.6 Å². The van der Waals surface area contributed by atoms with Crippen molar-refractivity contribution in [3.63, 3.8) is 0 Å². The molecular weight excluding hydrogens is 652 g/mol. The molecule has 0 aliphatic rings. The summed E-state index contributed by atoms with van der Waals surface area (Å²) in [5.74, 6) is 0. The first kappa shape index (κ1) is 36.7. The van der Waals surface area contributed by atoms with Gasteiger partial charge in [-0.05, 0) is 48.5 Å². The van der Waals surface area contributed by atoms with Crippen LogP contribution in [0.25, 0.3) is 22.8 Å². The maximum Gasteiger partial charge on any atom is 2.00 e. The van der Waals surface area contributed by atoms with Gasteiger partial charge in [-0.3, -0.25) is 19.9 Å². The number of aromatic nitrogens is 4. The standard InChI is InChI=1S/2C10H8N2.F6P.NO.O3S.Ru/c2*1-3-7-11-9(5-1)10-6-2-4-8-12-10;1-7(2,3,4,5)6;1-2;1-4(2)3;/h2*1-8H;;;;/q;;-1;+1;;+2. The maximum atomic E-state index is 9.87. The third kappa shape index (κ3) is 24.2. The minimum Gasteiger partial charge on any atom is -0.255 e. The van der Waals surface area contributed by atoms with E-state index in [9.17, 15) is 25.2 Å². The van der Waals surface area contributed by atoms with Gasteiger partial charge in [-0.1, -0.05) is 24.3 Å². The summed E-state index contributed by atoms with van der Waals surface area (Å²) < 4.78 is 91.8. The molecule has 0 radical (unpaired) electrons. The second-order valence-corrected chi connectivity index (χ2v) is 8.35. The van der Waals surface area contributed by atoms with E-state index in [0.29, 0.717) is 0 Å². The van der Waals surface area contributed by atoms with E-state index >= 15 is 0 Å².